The molecular formula is C26H32F3N7O2. The zero-order valence-corrected chi connectivity index (χ0v) is 21.4. The van der Waals surface area contributed by atoms with Crippen molar-refractivity contribution in [2.75, 3.05) is 11.9 Å². The summed E-state index contributed by atoms with van der Waals surface area (Å²) in [6, 6.07) is 1.40. The Hall–Kier alpha value is -3.15. The van der Waals surface area contributed by atoms with Crippen LogP contribution in [0.4, 0.5) is 23.7 Å². The van der Waals surface area contributed by atoms with Crippen molar-refractivity contribution in [3.63, 3.8) is 0 Å². The van der Waals surface area contributed by atoms with E-state index < -0.39 is 35.7 Å². The van der Waals surface area contributed by atoms with Crippen molar-refractivity contribution in [3.05, 3.63) is 24.7 Å². The Balaban J connectivity index is 1.27. The van der Waals surface area contributed by atoms with E-state index in [0.717, 1.165) is 23.9 Å². The van der Waals surface area contributed by atoms with Crippen LogP contribution in [0.15, 0.2) is 24.7 Å². The van der Waals surface area contributed by atoms with Crippen molar-refractivity contribution in [1.82, 2.24) is 29.9 Å². The first-order valence-electron chi connectivity index (χ1n) is 13.2. The van der Waals surface area contributed by atoms with Gasteiger partial charge in [0.2, 0.25) is 0 Å². The van der Waals surface area contributed by atoms with Crippen LogP contribution in [0, 0.1) is 17.8 Å². The van der Waals surface area contributed by atoms with Gasteiger partial charge in [-0.25, -0.2) is 4.79 Å². The minimum Gasteiger partial charge on any atom is -0.380 e. The van der Waals surface area contributed by atoms with Crippen molar-refractivity contribution >= 4 is 22.6 Å². The number of nitrogens with one attached hydrogen (secondary N) is 2. The molecule has 2 unspecified atom stereocenters. The van der Waals surface area contributed by atoms with Gasteiger partial charge in [-0.05, 0) is 43.6 Å². The van der Waals surface area contributed by atoms with Gasteiger partial charge < -0.3 is 15.3 Å². The van der Waals surface area contributed by atoms with E-state index in [0.29, 0.717) is 48.7 Å². The lowest BCUT2D eigenvalue weighted by molar-refractivity contribution is -0.306. The number of likely N-dealkylation sites (tertiary alicyclic amines) is 1. The highest BCUT2D eigenvalue weighted by Crippen LogP contribution is 2.59. The molecule has 3 aromatic heterocycles. The van der Waals surface area contributed by atoms with Crippen molar-refractivity contribution in [2.24, 2.45) is 17.8 Å². The summed E-state index contributed by atoms with van der Waals surface area (Å²) in [5.74, 6) is -0.888. The molecule has 3 fully saturated rings. The number of pyridine rings is 1. The van der Waals surface area contributed by atoms with E-state index >= 15 is 0 Å². The highest BCUT2D eigenvalue weighted by molar-refractivity contribution is 5.94. The van der Waals surface area contributed by atoms with Gasteiger partial charge in [-0.2, -0.15) is 23.4 Å². The lowest BCUT2D eigenvalue weighted by Gasteiger charge is -2.53. The number of rotatable bonds is 5. The lowest BCUT2D eigenvalue weighted by Crippen LogP contribution is -2.67. The van der Waals surface area contributed by atoms with Gasteiger partial charge >= 0.3 is 12.2 Å². The number of aliphatic hydroxyl groups is 1. The van der Waals surface area contributed by atoms with Gasteiger partial charge in [0.05, 0.1) is 29.3 Å². The quantitative estimate of drug-likeness (QED) is 0.431. The highest BCUT2D eigenvalue weighted by Gasteiger charge is 2.70. The summed E-state index contributed by atoms with van der Waals surface area (Å²) in [5, 5.41) is 26.2. The summed E-state index contributed by atoms with van der Waals surface area (Å²) in [7, 11) is 0. The van der Waals surface area contributed by atoms with E-state index in [1.54, 1.807) is 12.4 Å². The Morgan fingerprint density at radius 1 is 1.26 bits per heavy atom. The molecule has 1 saturated heterocycles. The van der Waals surface area contributed by atoms with Crippen LogP contribution < -0.4 is 5.32 Å². The molecule has 2 saturated carbocycles. The van der Waals surface area contributed by atoms with Gasteiger partial charge in [0.1, 0.15) is 5.69 Å². The summed E-state index contributed by atoms with van der Waals surface area (Å²) in [4.78, 5) is 19.6. The third-order valence-corrected chi connectivity index (χ3v) is 8.65. The molecule has 3 aliphatic rings. The van der Waals surface area contributed by atoms with Gasteiger partial charge in [-0.1, -0.05) is 20.3 Å². The average Bonchev–Trinajstić information content (AvgIpc) is 3.22. The number of carbonyl (C=O) groups excluding carboxylic acids is 1. The van der Waals surface area contributed by atoms with Crippen LogP contribution in [0.25, 0.3) is 22.3 Å². The van der Waals surface area contributed by atoms with Crippen molar-refractivity contribution in [2.45, 2.75) is 76.2 Å². The predicted molar refractivity (Wildman–Crippen MR) is 134 cm³/mol. The number of hydrogen-bond acceptors (Lipinski definition) is 5. The highest BCUT2D eigenvalue weighted by atomic mass is 19.4. The van der Waals surface area contributed by atoms with E-state index in [1.807, 2.05) is 10.7 Å². The third kappa shape index (κ3) is 4.04. The molecule has 3 aromatic rings. The van der Waals surface area contributed by atoms with E-state index in [9.17, 15) is 23.1 Å². The molecule has 0 bridgehead atoms. The van der Waals surface area contributed by atoms with Crippen LogP contribution in [0.5, 0.6) is 0 Å². The number of fused-ring (bicyclic) bond motifs is 1. The second kappa shape index (κ2) is 8.69. The van der Waals surface area contributed by atoms with Crippen molar-refractivity contribution in [3.8, 4) is 11.4 Å². The maximum Gasteiger partial charge on any atom is 0.417 e. The van der Waals surface area contributed by atoms with Crippen molar-refractivity contribution in [1.29, 1.82) is 0 Å². The second-order valence-corrected chi connectivity index (χ2v) is 11.7. The van der Waals surface area contributed by atoms with Gasteiger partial charge in [-0.3, -0.25) is 14.8 Å². The Labute approximate surface area is 217 Å². The minimum absolute atomic E-state index is 0.127. The van der Waals surface area contributed by atoms with E-state index in [2.05, 4.69) is 39.4 Å². The Bertz CT molecular complexity index is 1360. The maximum absolute atomic E-state index is 14.1. The number of nitrogens with zero attached hydrogens (tertiary/aromatic N) is 5. The fraction of sp³-hybridized carbons (Fsp3) is 0.615. The number of alkyl halides is 3. The minimum atomic E-state index is -4.74. The summed E-state index contributed by atoms with van der Waals surface area (Å²) < 4.78 is 44.3. The number of anilines is 1. The molecule has 2 amide bonds. The molecular weight excluding hydrogens is 499 g/mol. The van der Waals surface area contributed by atoms with Gasteiger partial charge in [0, 0.05) is 42.6 Å². The smallest absolute Gasteiger partial charge is 0.380 e. The number of aromatic amines is 1. The van der Waals surface area contributed by atoms with E-state index in [4.69, 9.17) is 0 Å². The molecule has 9 nitrogen and oxygen atoms in total. The van der Waals surface area contributed by atoms with Gasteiger partial charge in [0.15, 0.2) is 5.60 Å². The number of urea groups is 1. The Morgan fingerprint density at radius 2 is 2.03 bits per heavy atom. The second-order valence-electron chi connectivity index (χ2n) is 11.7. The fourth-order valence-electron chi connectivity index (χ4n) is 6.21. The molecule has 0 aromatic carbocycles. The molecule has 1 aliphatic heterocycles. The zero-order chi connectivity index (χ0) is 26.9. The molecule has 2 atom stereocenters. The van der Waals surface area contributed by atoms with E-state index in [-0.39, 0.29) is 12.5 Å². The third-order valence-electron chi connectivity index (χ3n) is 8.65. The number of aromatic nitrogens is 5. The van der Waals surface area contributed by atoms with Gasteiger partial charge in [-0.15, -0.1) is 0 Å². The number of carbonyl (C=O) groups is 1. The normalized spacial score (nSPS) is 25.2. The molecule has 12 heteroatoms. The van der Waals surface area contributed by atoms with Crippen LogP contribution >= 0.6 is 0 Å². The molecule has 0 radical (unpaired) electrons. The largest absolute Gasteiger partial charge is 0.417 e. The monoisotopic (exact) mass is 531 g/mol. The first kappa shape index (κ1) is 25.1. The molecule has 2 aliphatic carbocycles. The van der Waals surface area contributed by atoms with Crippen LogP contribution in [0.3, 0.4) is 0 Å². The zero-order valence-electron chi connectivity index (χ0n) is 21.4. The number of halogens is 3. The molecule has 204 valence electrons. The molecule has 38 heavy (non-hydrogen) atoms. The summed E-state index contributed by atoms with van der Waals surface area (Å²) >= 11 is 0. The fourth-order valence-corrected chi connectivity index (χ4v) is 6.21. The Kier molecular flexibility index (Phi) is 5.75. The predicted octanol–water partition coefficient (Wildman–Crippen LogP) is 4.96. The summed E-state index contributed by atoms with van der Waals surface area (Å²) in [6.45, 7) is 4.83. The SMILES string of the molecule is CC(C)Cn1ncc2cnc(-c3[nH]ncc3NC(=O)N3CC(C4CCC4)C(O)(C(F)(F)F)CC34CC4)cc21. The van der Waals surface area contributed by atoms with Gasteiger partial charge in [0.25, 0.3) is 0 Å². The van der Waals surface area contributed by atoms with Crippen molar-refractivity contribution < 1.29 is 23.1 Å². The molecule has 6 rings (SSSR count). The summed E-state index contributed by atoms with van der Waals surface area (Å²) in [5.41, 5.74) is -1.40. The number of amides is 2. The molecule has 3 N–H and O–H groups in total. The number of H-pyrrole nitrogens is 1. The van der Waals surface area contributed by atoms with Crippen LogP contribution in [0.2, 0.25) is 0 Å². The topological polar surface area (TPSA) is 112 Å². The first-order chi connectivity index (χ1) is 18.0. The number of hydrogen-bond donors (Lipinski definition) is 3. The van der Waals surface area contributed by atoms with Crippen LogP contribution in [-0.4, -0.2) is 64.9 Å². The van der Waals surface area contributed by atoms with E-state index in [1.165, 1.54) is 11.1 Å². The molecule has 4 heterocycles. The van der Waals surface area contributed by atoms with Crippen LogP contribution in [-0.2, 0) is 6.54 Å². The number of piperidine rings is 1. The van der Waals surface area contributed by atoms with Crippen LogP contribution in [0.1, 0.15) is 52.4 Å². The summed E-state index contributed by atoms with van der Waals surface area (Å²) in [6.07, 6.45) is 2.73. The first-order valence-corrected chi connectivity index (χ1v) is 13.2. The standard InChI is InChI=1S/C26H32F3N7O2/c1-15(2)12-36-21-8-19(30-9-17(21)10-32-36)22-20(11-31-34-22)33-23(37)35-13-18(16-4-3-5-16)25(38,26(27,28)29)14-24(35)6-7-24/h8-11,15-16,18,38H,3-7,12-14H2,1-2H3,(H,31,34)(H,33,37). The molecule has 1 spiro atoms. The Morgan fingerprint density at radius 3 is 2.66 bits per heavy atom. The average molecular weight is 532 g/mol. The lowest BCUT2D eigenvalue weighted by atomic mass is 9.64. The maximum atomic E-state index is 14.1.